The van der Waals surface area contributed by atoms with Crippen molar-refractivity contribution in [1.29, 1.82) is 0 Å². The van der Waals surface area contributed by atoms with E-state index in [9.17, 15) is 22.4 Å². The largest absolute Gasteiger partial charge is 0.573 e. The second kappa shape index (κ2) is 8.85. The molecule has 1 atom stereocenters. The van der Waals surface area contributed by atoms with Gasteiger partial charge in [0.1, 0.15) is 23.3 Å². The van der Waals surface area contributed by atoms with Gasteiger partial charge in [-0.25, -0.2) is 9.07 Å². The molecule has 0 aliphatic carbocycles. The molecule has 1 aliphatic heterocycles. The number of carbonyl (C=O) groups is 1. The topological polar surface area (TPSA) is 86.3 Å². The highest BCUT2D eigenvalue weighted by Gasteiger charge is 2.37. The number of benzene rings is 2. The molecule has 3 heterocycles. The summed E-state index contributed by atoms with van der Waals surface area (Å²) in [7, 11) is 0. The average Bonchev–Trinajstić information content (AvgIpc) is 3.59. The fourth-order valence-electron chi connectivity index (χ4n) is 4.09. The van der Waals surface area contributed by atoms with Crippen molar-refractivity contribution in [3.05, 3.63) is 78.2 Å². The van der Waals surface area contributed by atoms with Gasteiger partial charge in [-0.1, -0.05) is 23.4 Å². The number of alkyl halides is 3. The number of ether oxygens (including phenoxy) is 1. The van der Waals surface area contributed by atoms with Crippen molar-refractivity contribution in [3.63, 3.8) is 0 Å². The van der Waals surface area contributed by atoms with E-state index in [4.69, 9.17) is 4.52 Å². The summed E-state index contributed by atoms with van der Waals surface area (Å²) in [6.45, 7) is 0.351. The first-order chi connectivity index (χ1) is 16.8. The maximum atomic E-state index is 14.7. The average molecular weight is 487 g/mol. The second-order valence-corrected chi connectivity index (χ2v) is 7.74. The highest BCUT2D eigenvalue weighted by atomic mass is 19.4. The number of rotatable bonds is 5. The summed E-state index contributed by atoms with van der Waals surface area (Å²) in [6.07, 6.45) is -0.787. The van der Waals surface area contributed by atoms with Crippen LogP contribution in [0, 0.1) is 5.82 Å². The zero-order chi connectivity index (χ0) is 24.6. The number of carbonyl (C=O) groups excluding carboxylic acids is 1. The molecule has 12 heteroatoms. The molecule has 2 aromatic heterocycles. The quantitative estimate of drug-likeness (QED) is 0.371. The van der Waals surface area contributed by atoms with Gasteiger partial charge in [0.15, 0.2) is 0 Å². The maximum absolute atomic E-state index is 14.7. The lowest BCUT2D eigenvalue weighted by Crippen LogP contribution is -2.31. The summed E-state index contributed by atoms with van der Waals surface area (Å²) in [4.78, 5) is 19.2. The predicted molar refractivity (Wildman–Crippen MR) is 113 cm³/mol. The minimum absolute atomic E-state index is 0.0117. The van der Waals surface area contributed by atoms with Gasteiger partial charge in [0.05, 0.1) is 11.1 Å². The van der Waals surface area contributed by atoms with Crippen molar-refractivity contribution in [2.75, 3.05) is 6.54 Å². The third-order valence-corrected chi connectivity index (χ3v) is 5.54. The number of hydrogen-bond donors (Lipinski definition) is 0. The molecule has 1 saturated heterocycles. The fourth-order valence-corrected chi connectivity index (χ4v) is 4.09. The van der Waals surface area contributed by atoms with Crippen LogP contribution in [0.15, 0.2) is 65.4 Å². The molecule has 0 radical (unpaired) electrons. The molecule has 0 saturated carbocycles. The zero-order valence-electron chi connectivity index (χ0n) is 17.9. The van der Waals surface area contributed by atoms with Crippen LogP contribution in [0.3, 0.4) is 0 Å². The fraction of sp³-hybridized carbons (Fsp3) is 0.217. The number of nitrogens with zero attached hydrogens (tertiary/aromatic N) is 5. The Morgan fingerprint density at radius 1 is 1.11 bits per heavy atom. The lowest BCUT2D eigenvalue weighted by Gasteiger charge is -2.23. The molecule has 1 unspecified atom stereocenters. The monoisotopic (exact) mass is 487 g/mol. The van der Waals surface area contributed by atoms with Gasteiger partial charge in [-0.3, -0.25) is 4.79 Å². The summed E-state index contributed by atoms with van der Waals surface area (Å²) in [6, 6.07) is 10.6. The molecule has 1 fully saturated rings. The number of halogens is 4. The Bertz CT molecular complexity index is 1350. The number of para-hydroxylation sites is 2. The van der Waals surface area contributed by atoms with Crippen molar-refractivity contribution < 1.29 is 31.6 Å². The second-order valence-electron chi connectivity index (χ2n) is 7.74. The number of aromatic nitrogens is 4. The molecule has 0 N–H and O–H groups in total. The summed E-state index contributed by atoms with van der Waals surface area (Å²) in [5.41, 5.74) is 0.101. The molecule has 0 spiro atoms. The lowest BCUT2D eigenvalue weighted by molar-refractivity contribution is -0.274. The van der Waals surface area contributed by atoms with E-state index in [-0.39, 0.29) is 28.5 Å². The van der Waals surface area contributed by atoms with E-state index in [1.54, 1.807) is 6.07 Å². The maximum Gasteiger partial charge on any atom is 0.573 e. The van der Waals surface area contributed by atoms with Crippen LogP contribution in [0.1, 0.15) is 35.1 Å². The summed E-state index contributed by atoms with van der Waals surface area (Å²) in [5, 5.41) is 7.85. The molecule has 1 aliphatic rings. The SMILES string of the molecule is O=C(c1cccc(F)c1-n1cccn1)N1CCCC1c1nc(-c2ccccc2OC(F)(F)F)no1. The van der Waals surface area contributed by atoms with Crippen molar-refractivity contribution in [3.8, 4) is 22.8 Å². The van der Waals surface area contributed by atoms with Crippen molar-refractivity contribution in [2.45, 2.75) is 25.2 Å². The predicted octanol–water partition coefficient (Wildman–Crippen LogP) is 4.94. The van der Waals surface area contributed by atoms with Crippen LogP contribution in [0.4, 0.5) is 17.6 Å². The van der Waals surface area contributed by atoms with Crippen LogP contribution in [0.2, 0.25) is 0 Å². The normalized spacial score (nSPS) is 16.0. The van der Waals surface area contributed by atoms with E-state index >= 15 is 0 Å². The van der Waals surface area contributed by atoms with E-state index < -0.39 is 29.9 Å². The first-order valence-electron chi connectivity index (χ1n) is 10.6. The molecule has 0 bridgehead atoms. The van der Waals surface area contributed by atoms with Crippen LogP contribution in [0.25, 0.3) is 17.1 Å². The molecular weight excluding hydrogens is 470 g/mol. The Balaban J connectivity index is 1.45. The summed E-state index contributed by atoms with van der Waals surface area (Å²) < 4.78 is 63.7. The third-order valence-electron chi connectivity index (χ3n) is 5.54. The highest BCUT2D eigenvalue weighted by molar-refractivity contribution is 5.98. The van der Waals surface area contributed by atoms with Crippen LogP contribution in [-0.4, -0.2) is 43.6 Å². The molecule has 35 heavy (non-hydrogen) atoms. The van der Waals surface area contributed by atoms with Crippen molar-refractivity contribution >= 4 is 5.91 Å². The molecule has 4 aromatic rings. The first-order valence-corrected chi connectivity index (χ1v) is 10.6. The highest BCUT2D eigenvalue weighted by Crippen LogP contribution is 2.36. The third kappa shape index (κ3) is 4.46. The Hall–Kier alpha value is -4.22. The molecule has 8 nitrogen and oxygen atoms in total. The van der Waals surface area contributed by atoms with Gasteiger partial charge < -0.3 is 14.2 Å². The lowest BCUT2D eigenvalue weighted by atomic mass is 10.1. The van der Waals surface area contributed by atoms with Gasteiger partial charge in [-0.2, -0.15) is 10.1 Å². The molecule has 5 rings (SSSR count). The standard InChI is InChI=1S/C23H17F4N5O3/c24-16-8-3-7-15(19(16)32-13-5-11-28-32)22(33)31-12-4-9-17(31)21-29-20(30-35-21)14-6-1-2-10-18(14)34-23(25,26)27/h1-3,5-8,10-11,13,17H,4,9,12H2. The minimum atomic E-state index is -4.89. The summed E-state index contributed by atoms with van der Waals surface area (Å²) >= 11 is 0. The Kier molecular flexibility index (Phi) is 5.71. The molecule has 180 valence electrons. The van der Waals surface area contributed by atoms with Crippen molar-refractivity contribution in [1.82, 2.24) is 24.8 Å². The zero-order valence-corrected chi connectivity index (χ0v) is 17.9. The van der Waals surface area contributed by atoms with Gasteiger partial charge in [-0.15, -0.1) is 13.2 Å². The van der Waals surface area contributed by atoms with Crippen LogP contribution in [0.5, 0.6) is 5.75 Å². The molecule has 1 amide bonds. The van der Waals surface area contributed by atoms with E-state index in [0.717, 1.165) is 6.07 Å². The van der Waals surface area contributed by atoms with Crippen LogP contribution < -0.4 is 4.74 Å². The van der Waals surface area contributed by atoms with Crippen LogP contribution >= 0.6 is 0 Å². The van der Waals surface area contributed by atoms with E-state index in [1.165, 1.54) is 58.4 Å². The van der Waals surface area contributed by atoms with Crippen LogP contribution in [-0.2, 0) is 0 Å². The van der Waals surface area contributed by atoms with E-state index in [0.29, 0.717) is 19.4 Å². The first kappa shape index (κ1) is 22.6. The van der Waals surface area contributed by atoms with Gasteiger partial charge in [0.25, 0.3) is 5.91 Å². The Morgan fingerprint density at radius 3 is 2.71 bits per heavy atom. The number of amides is 1. The molecule has 2 aromatic carbocycles. The van der Waals surface area contributed by atoms with Gasteiger partial charge in [0.2, 0.25) is 11.7 Å². The number of likely N-dealkylation sites (tertiary alicyclic amines) is 1. The minimum Gasteiger partial charge on any atom is -0.405 e. The van der Waals surface area contributed by atoms with Gasteiger partial charge >= 0.3 is 6.36 Å². The van der Waals surface area contributed by atoms with E-state index in [2.05, 4.69) is 20.0 Å². The summed E-state index contributed by atoms with van der Waals surface area (Å²) in [5.74, 6) is -1.60. The number of hydrogen-bond acceptors (Lipinski definition) is 6. The van der Waals surface area contributed by atoms with E-state index in [1.807, 2.05) is 0 Å². The Morgan fingerprint density at radius 2 is 1.94 bits per heavy atom. The van der Waals surface area contributed by atoms with Gasteiger partial charge in [0, 0.05) is 18.9 Å². The smallest absolute Gasteiger partial charge is 0.405 e. The Labute approximate surface area is 195 Å². The van der Waals surface area contributed by atoms with Gasteiger partial charge in [-0.05, 0) is 43.2 Å². The molecular formula is C23H17F4N5O3. The van der Waals surface area contributed by atoms with Crippen molar-refractivity contribution in [2.24, 2.45) is 0 Å².